The molecule has 0 saturated heterocycles. The maximum absolute atomic E-state index is 12.5. The minimum absolute atomic E-state index is 0.0185. The number of hydrogen-bond acceptors (Lipinski definition) is 3. The summed E-state index contributed by atoms with van der Waals surface area (Å²) in [4.78, 5) is 14.3. The molecule has 0 spiro atoms. The first kappa shape index (κ1) is 14.4. The van der Waals surface area contributed by atoms with Crippen molar-refractivity contribution in [2.45, 2.75) is 12.8 Å². The van der Waals surface area contributed by atoms with Crippen molar-refractivity contribution in [3.05, 3.63) is 54.1 Å². The van der Waals surface area contributed by atoms with Crippen molar-refractivity contribution < 1.29 is 14.3 Å². The molecule has 0 unspecified atom stereocenters. The van der Waals surface area contributed by atoms with Crippen LogP contribution in [-0.2, 0) is 11.2 Å². The Morgan fingerprint density at radius 3 is 2.73 bits per heavy atom. The number of para-hydroxylation sites is 1. The van der Waals surface area contributed by atoms with Gasteiger partial charge in [-0.15, -0.1) is 0 Å². The van der Waals surface area contributed by atoms with Gasteiger partial charge in [-0.3, -0.25) is 4.79 Å². The highest BCUT2D eigenvalue weighted by atomic mass is 16.5. The van der Waals surface area contributed by atoms with Gasteiger partial charge in [0.1, 0.15) is 11.5 Å². The van der Waals surface area contributed by atoms with Gasteiger partial charge < -0.3 is 14.4 Å². The molecule has 1 amide bonds. The van der Waals surface area contributed by atoms with Crippen molar-refractivity contribution in [2.24, 2.45) is 0 Å². The van der Waals surface area contributed by atoms with Gasteiger partial charge >= 0.3 is 0 Å². The molecule has 1 heterocycles. The zero-order chi connectivity index (χ0) is 15.4. The largest absolute Gasteiger partial charge is 0.497 e. The number of nitrogens with zero attached hydrogens (tertiary/aromatic N) is 1. The van der Waals surface area contributed by atoms with Gasteiger partial charge in [-0.1, -0.05) is 18.2 Å². The van der Waals surface area contributed by atoms with Gasteiger partial charge in [0, 0.05) is 12.2 Å². The first-order chi connectivity index (χ1) is 10.8. The number of hydrogen-bond donors (Lipinski definition) is 0. The second-order valence-electron chi connectivity index (χ2n) is 5.25. The minimum Gasteiger partial charge on any atom is -0.497 e. The number of fused-ring (bicyclic) bond motifs is 1. The zero-order valence-electron chi connectivity index (χ0n) is 12.6. The normalized spacial score (nSPS) is 13.4. The first-order valence-electron chi connectivity index (χ1n) is 7.43. The Bertz CT molecular complexity index is 655. The fourth-order valence-corrected chi connectivity index (χ4v) is 2.70. The SMILES string of the molecule is COc1ccc2c(c1)CCCN2C(=O)COc1ccccc1. The monoisotopic (exact) mass is 297 g/mol. The first-order valence-corrected chi connectivity index (χ1v) is 7.43. The molecule has 114 valence electrons. The lowest BCUT2D eigenvalue weighted by Crippen LogP contribution is -2.38. The van der Waals surface area contributed by atoms with Crippen molar-refractivity contribution in [3.63, 3.8) is 0 Å². The van der Waals surface area contributed by atoms with E-state index in [4.69, 9.17) is 9.47 Å². The maximum Gasteiger partial charge on any atom is 0.264 e. The lowest BCUT2D eigenvalue weighted by Gasteiger charge is -2.29. The number of ether oxygens (including phenoxy) is 2. The highest BCUT2D eigenvalue weighted by Crippen LogP contribution is 2.30. The summed E-state index contributed by atoms with van der Waals surface area (Å²) in [6, 6.07) is 15.3. The van der Waals surface area contributed by atoms with Gasteiger partial charge in [0.25, 0.3) is 5.91 Å². The van der Waals surface area contributed by atoms with Crippen LogP contribution in [0.25, 0.3) is 0 Å². The average molecular weight is 297 g/mol. The molecule has 2 aromatic rings. The van der Waals surface area contributed by atoms with E-state index < -0.39 is 0 Å². The third-order valence-electron chi connectivity index (χ3n) is 3.81. The number of carbonyl (C=O) groups is 1. The molecule has 0 atom stereocenters. The van der Waals surface area contributed by atoms with Crippen LogP contribution in [0.15, 0.2) is 48.5 Å². The number of rotatable bonds is 4. The van der Waals surface area contributed by atoms with Gasteiger partial charge in [-0.05, 0) is 48.7 Å². The summed E-state index contributed by atoms with van der Waals surface area (Å²) in [5, 5.41) is 0. The second kappa shape index (κ2) is 6.52. The summed E-state index contributed by atoms with van der Waals surface area (Å²) in [6.45, 7) is 0.784. The molecular weight excluding hydrogens is 278 g/mol. The van der Waals surface area contributed by atoms with Gasteiger partial charge in [0.2, 0.25) is 0 Å². The summed E-state index contributed by atoms with van der Waals surface area (Å²) in [5.74, 6) is 1.52. The van der Waals surface area contributed by atoms with E-state index in [1.54, 1.807) is 12.0 Å². The van der Waals surface area contributed by atoms with Crippen LogP contribution >= 0.6 is 0 Å². The van der Waals surface area contributed by atoms with Crippen LogP contribution in [-0.4, -0.2) is 26.2 Å². The van der Waals surface area contributed by atoms with Crippen LogP contribution in [0, 0.1) is 0 Å². The average Bonchev–Trinajstić information content (AvgIpc) is 2.59. The minimum atomic E-state index is -0.0185. The third-order valence-corrected chi connectivity index (χ3v) is 3.81. The Labute approximate surface area is 130 Å². The van der Waals surface area contributed by atoms with E-state index in [1.165, 1.54) is 0 Å². The number of amides is 1. The summed E-state index contributed by atoms with van der Waals surface area (Å²) in [7, 11) is 1.65. The molecular formula is C18H19NO3. The zero-order valence-corrected chi connectivity index (χ0v) is 12.6. The summed E-state index contributed by atoms with van der Waals surface area (Å²) >= 11 is 0. The number of anilines is 1. The Balaban J connectivity index is 1.72. The lowest BCUT2D eigenvalue weighted by atomic mass is 10.0. The number of aryl methyl sites for hydroxylation is 1. The van der Waals surface area contributed by atoms with E-state index in [0.717, 1.165) is 36.4 Å². The highest BCUT2D eigenvalue weighted by Gasteiger charge is 2.23. The predicted octanol–water partition coefficient (Wildman–Crippen LogP) is 3.05. The second-order valence-corrected chi connectivity index (χ2v) is 5.25. The summed E-state index contributed by atoms with van der Waals surface area (Å²) in [5.41, 5.74) is 2.12. The molecule has 0 aliphatic carbocycles. The molecule has 4 nitrogen and oxygen atoms in total. The molecule has 4 heteroatoms. The molecule has 0 aromatic heterocycles. The standard InChI is InChI=1S/C18H19NO3/c1-21-16-9-10-17-14(12-16)6-5-11-19(17)18(20)13-22-15-7-3-2-4-8-15/h2-4,7-10,12H,5-6,11,13H2,1H3. The smallest absolute Gasteiger partial charge is 0.264 e. The van der Waals surface area contributed by atoms with E-state index in [1.807, 2.05) is 48.5 Å². The van der Waals surface area contributed by atoms with Crippen LogP contribution in [0.4, 0.5) is 5.69 Å². The van der Waals surface area contributed by atoms with Crippen molar-refractivity contribution in [1.82, 2.24) is 0 Å². The van der Waals surface area contributed by atoms with Crippen molar-refractivity contribution >= 4 is 11.6 Å². The summed E-state index contributed by atoms with van der Waals surface area (Å²) in [6.07, 6.45) is 1.92. The van der Waals surface area contributed by atoms with Crippen molar-refractivity contribution in [1.29, 1.82) is 0 Å². The fourth-order valence-electron chi connectivity index (χ4n) is 2.70. The fraction of sp³-hybridized carbons (Fsp3) is 0.278. The molecule has 0 fully saturated rings. The quantitative estimate of drug-likeness (QED) is 0.870. The van der Waals surface area contributed by atoms with Crippen LogP contribution in [0.3, 0.4) is 0 Å². The molecule has 0 bridgehead atoms. The van der Waals surface area contributed by atoms with Crippen molar-refractivity contribution in [3.8, 4) is 11.5 Å². The van der Waals surface area contributed by atoms with Crippen LogP contribution in [0.2, 0.25) is 0 Å². The molecule has 3 rings (SSSR count). The van der Waals surface area contributed by atoms with E-state index in [0.29, 0.717) is 5.75 Å². The molecule has 0 radical (unpaired) electrons. The van der Waals surface area contributed by atoms with Crippen LogP contribution in [0.5, 0.6) is 11.5 Å². The van der Waals surface area contributed by atoms with Crippen LogP contribution < -0.4 is 14.4 Å². The Morgan fingerprint density at radius 1 is 1.14 bits per heavy atom. The van der Waals surface area contributed by atoms with E-state index in [9.17, 15) is 4.79 Å². The molecule has 1 aliphatic rings. The molecule has 22 heavy (non-hydrogen) atoms. The Kier molecular flexibility index (Phi) is 4.28. The van der Waals surface area contributed by atoms with Gasteiger partial charge in [-0.25, -0.2) is 0 Å². The Morgan fingerprint density at radius 2 is 1.95 bits per heavy atom. The third kappa shape index (κ3) is 3.06. The summed E-state index contributed by atoms with van der Waals surface area (Å²) < 4.78 is 10.8. The lowest BCUT2D eigenvalue weighted by molar-refractivity contribution is -0.120. The topological polar surface area (TPSA) is 38.8 Å². The molecule has 1 aliphatic heterocycles. The van der Waals surface area contributed by atoms with Gasteiger partial charge in [-0.2, -0.15) is 0 Å². The number of carbonyl (C=O) groups excluding carboxylic acids is 1. The van der Waals surface area contributed by atoms with E-state index in [-0.39, 0.29) is 12.5 Å². The van der Waals surface area contributed by atoms with Crippen LogP contribution in [0.1, 0.15) is 12.0 Å². The maximum atomic E-state index is 12.5. The predicted molar refractivity (Wildman–Crippen MR) is 85.6 cm³/mol. The molecule has 0 saturated carbocycles. The number of methoxy groups -OCH3 is 1. The van der Waals surface area contributed by atoms with Crippen molar-refractivity contribution in [2.75, 3.05) is 25.2 Å². The highest BCUT2D eigenvalue weighted by molar-refractivity contribution is 5.95. The van der Waals surface area contributed by atoms with E-state index >= 15 is 0 Å². The molecule has 2 aromatic carbocycles. The molecule has 0 N–H and O–H groups in total. The van der Waals surface area contributed by atoms with E-state index in [2.05, 4.69) is 0 Å². The number of benzene rings is 2. The Hall–Kier alpha value is -2.49. The van der Waals surface area contributed by atoms with Gasteiger partial charge in [0.15, 0.2) is 6.61 Å². The van der Waals surface area contributed by atoms with Gasteiger partial charge in [0.05, 0.1) is 7.11 Å².